The van der Waals surface area contributed by atoms with E-state index in [1.54, 1.807) is 6.92 Å². The minimum atomic E-state index is -1.59. The first-order valence-corrected chi connectivity index (χ1v) is 5.33. The van der Waals surface area contributed by atoms with Gasteiger partial charge in [-0.2, -0.15) is 0 Å². The van der Waals surface area contributed by atoms with Gasteiger partial charge < -0.3 is 14.2 Å². The van der Waals surface area contributed by atoms with Crippen molar-refractivity contribution in [2.45, 2.75) is 45.7 Å². The van der Waals surface area contributed by atoms with Crippen LogP contribution in [0.4, 0.5) is 0 Å². The Bertz CT molecular complexity index is 287. The number of ether oxygens (including phenoxy) is 3. The number of esters is 2. The molecule has 1 atom stereocenters. The van der Waals surface area contributed by atoms with Crippen LogP contribution in [0.1, 0.15) is 33.6 Å². The highest BCUT2D eigenvalue weighted by Gasteiger charge is 2.40. The molecule has 0 saturated carbocycles. The zero-order valence-corrected chi connectivity index (χ0v) is 9.69. The SMILES string of the molecule is CCC(C)OC1(CC)OC(=O)C=CC(=O)O1. The predicted molar refractivity (Wildman–Crippen MR) is 55.2 cm³/mol. The van der Waals surface area contributed by atoms with Crippen molar-refractivity contribution in [2.75, 3.05) is 0 Å². The van der Waals surface area contributed by atoms with E-state index in [4.69, 9.17) is 14.2 Å². The van der Waals surface area contributed by atoms with E-state index in [9.17, 15) is 9.59 Å². The van der Waals surface area contributed by atoms with Crippen molar-refractivity contribution >= 4 is 11.9 Å². The zero-order chi connectivity index (χ0) is 12.2. The molecule has 0 saturated heterocycles. The lowest BCUT2D eigenvalue weighted by atomic mass is 10.3. The standard InChI is InChI=1S/C11H16O5/c1-4-8(3)14-11(5-2)15-9(12)6-7-10(13)16-11/h6-8H,4-5H2,1-3H3. The second-order valence-corrected chi connectivity index (χ2v) is 3.55. The van der Waals surface area contributed by atoms with Crippen LogP contribution in [0.3, 0.4) is 0 Å². The molecule has 0 N–H and O–H groups in total. The van der Waals surface area contributed by atoms with Gasteiger partial charge in [-0.25, -0.2) is 9.59 Å². The molecule has 0 aromatic rings. The summed E-state index contributed by atoms with van der Waals surface area (Å²) in [7, 11) is 0. The summed E-state index contributed by atoms with van der Waals surface area (Å²) in [6.07, 6.45) is 2.86. The van der Waals surface area contributed by atoms with Gasteiger partial charge in [-0.3, -0.25) is 0 Å². The average molecular weight is 228 g/mol. The maximum atomic E-state index is 11.3. The third-order valence-corrected chi connectivity index (χ3v) is 2.26. The molecule has 0 aromatic carbocycles. The van der Waals surface area contributed by atoms with Crippen LogP contribution in [0.5, 0.6) is 0 Å². The molecule has 0 spiro atoms. The molecule has 1 heterocycles. The fourth-order valence-corrected chi connectivity index (χ4v) is 1.20. The Morgan fingerprint density at radius 1 is 1.25 bits per heavy atom. The monoisotopic (exact) mass is 228 g/mol. The smallest absolute Gasteiger partial charge is 0.376 e. The van der Waals surface area contributed by atoms with Gasteiger partial charge in [0, 0.05) is 12.2 Å². The first-order valence-electron chi connectivity index (χ1n) is 5.33. The van der Waals surface area contributed by atoms with Gasteiger partial charge in [0.05, 0.1) is 12.5 Å². The third kappa shape index (κ3) is 3.06. The molecule has 5 nitrogen and oxygen atoms in total. The summed E-state index contributed by atoms with van der Waals surface area (Å²) in [5.74, 6) is -2.88. The van der Waals surface area contributed by atoms with Gasteiger partial charge in [0.1, 0.15) is 0 Å². The van der Waals surface area contributed by atoms with Gasteiger partial charge in [0.15, 0.2) is 0 Å². The zero-order valence-electron chi connectivity index (χ0n) is 9.69. The van der Waals surface area contributed by atoms with Crippen LogP contribution in [0.15, 0.2) is 12.2 Å². The van der Waals surface area contributed by atoms with Crippen LogP contribution in [-0.2, 0) is 23.8 Å². The molecule has 0 amide bonds. The van der Waals surface area contributed by atoms with Crippen molar-refractivity contribution < 1.29 is 23.8 Å². The quantitative estimate of drug-likeness (QED) is 0.683. The van der Waals surface area contributed by atoms with Gasteiger partial charge in [-0.1, -0.05) is 13.8 Å². The summed E-state index contributed by atoms with van der Waals surface area (Å²) in [5.41, 5.74) is 0. The van der Waals surface area contributed by atoms with Crippen molar-refractivity contribution in [1.82, 2.24) is 0 Å². The van der Waals surface area contributed by atoms with Crippen LogP contribution in [0.2, 0.25) is 0 Å². The fourth-order valence-electron chi connectivity index (χ4n) is 1.20. The molecule has 5 heteroatoms. The van der Waals surface area contributed by atoms with E-state index in [1.165, 1.54) is 0 Å². The first-order chi connectivity index (χ1) is 7.51. The molecule has 1 unspecified atom stereocenters. The predicted octanol–water partition coefficient (Wildman–Crippen LogP) is 1.52. The number of carbonyl (C=O) groups is 2. The Kier molecular flexibility index (Phi) is 4.06. The van der Waals surface area contributed by atoms with E-state index in [2.05, 4.69) is 0 Å². The Morgan fingerprint density at radius 2 is 1.75 bits per heavy atom. The number of carbonyl (C=O) groups excluding carboxylic acids is 2. The third-order valence-electron chi connectivity index (χ3n) is 2.26. The number of rotatable bonds is 4. The van der Waals surface area contributed by atoms with E-state index < -0.39 is 17.9 Å². The number of hydrogen-bond donors (Lipinski definition) is 0. The topological polar surface area (TPSA) is 61.8 Å². The van der Waals surface area contributed by atoms with Crippen LogP contribution in [0, 0.1) is 0 Å². The lowest BCUT2D eigenvalue weighted by Gasteiger charge is -2.31. The Balaban J connectivity index is 2.85. The number of cyclic esters (lactones) is 2. The highest BCUT2D eigenvalue weighted by molar-refractivity contribution is 5.93. The molecular weight excluding hydrogens is 212 g/mol. The highest BCUT2D eigenvalue weighted by atomic mass is 16.9. The molecule has 1 aliphatic heterocycles. The van der Waals surface area contributed by atoms with Crippen LogP contribution in [0.25, 0.3) is 0 Å². The normalized spacial score (nSPS) is 20.9. The van der Waals surface area contributed by atoms with Crippen molar-refractivity contribution in [1.29, 1.82) is 0 Å². The van der Waals surface area contributed by atoms with E-state index in [0.29, 0.717) is 0 Å². The van der Waals surface area contributed by atoms with E-state index in [0.717, 1.165) is 18.6 Å². The molecule has 0 aromatic heterocycles. The van der Waals surface area contributed by atoms with E-state index in [1.807, 2.05) is 13.8 Å². The van der Waals surface area contributed by atoms with Gasteiger partial charge >= 0.3 is 17.9 Å². The van der Waals surface area contributed by atoms with Crippen molar-refractivity contribution in [3.05, 3.63) is 12.2 Å². The lowest BCUT2D eigenvalue weighted by Crippen LogP contribution is -2.42. The molecule has 1 aliphatic rings. The molecular formula is C11H16O5. The number of hydrogen-bond acceptors (Lipinski definition) is 5. The van der Waals surface area contributed by atoms with Gasteiger partial charge in [-0.15, -0.1) is 0 Å². The highest BCUT2D eigenvalue weighted by Crippen LogP contribution is 2.25. The lowest BCUT2D eigenvalue weighted by molar-refractivity contribution is -0.354. The summed E-state index contributed by atoms with van der Waals surface area (Å²) < 4.78 is 15.5. The summed E-state index contributed by atoms with van der Waals surface area (Å²) in [6.45, 7) is 5.46. The van der Waals surface area contributed by atoms with Gasteiger partial charge in [0.25, 0.3) is 0 Å². The first kappa shape index (κ1) is 12.7. The molecule has 0 bridgehead atoms. The Labute approximate surface area is 94.4 Å². The molecule has 0 radical (unpaired) electrons. The molecule has 0 aliphatic carbocycles. The molecule has 0 fully saturated rings. The average Bonchev–Trinajstić information content (AvgIpc) is 2.38. The minimum absolute atomic E-state index is 0.168. The Morgan fingerprint density at radius 3 is 2.12 bits per heavy atom. The van der Waals surface area contributed by atoms with Crippen LogP contribution in [-0.4, -0.2) is 24.0 Å². The molecule has 90 valence electrons. The maximum absolute atomic E-state index is 11.3. The summed E-state index contributed by atoms with van der Waals surface area (Å²) in [5, 5.41) is 0. The second kappa shape index (κ2) is 5.12. The Hall–Kier alpha value is -1.36. The molecule has 16 heavy (non-hydrogen) atoms. The van der Waals surface area contributed by atoms with E-state index in [-0.39, 0.29) is 12.5 Å². The van der Waals surface area contributed by atoms with Crippen LogP contribution < -0.4 is 0 Å². The van der Waals surface area contributed by atoms with Gasteiger partial charge in [0.2, 0.25) is 0 Å². The fraction of sp³-hybridized carbons (Fsp3) is 0.636. The second-order valence-electron chi connectivity index (χ2n) is 3.55. The summed E-state index contributed by atoms with van der Waals surface area (Å²) in [6, 6.07) is 0. The summed E-state index contributed by atoms with van der Waals surface area (Å²) in [4.78, 5) is 22.5. The van der Waals surface area contributed by atoms with Crippen molar-refractivity contribution in [3.8, 4) is 0 Å². The van der Waals surface area contributed by atoms with Crippen molar-refractivity contribution in [2.24, 2.45) is 0 Å². The van der Waals surface area contributed by atoms with Gasteiger partial charge in [-0.05, 0) is 13.3 Å². The van der Waals surface area contributed by atoms with E-state index >= 15 is 0 Å². The maximum Gasteiger partial charge on any atom is 0.376 e. The minimum Gasteiger partial charge on any atom is -0.395 e. The molecule has 1 rings (SSSR count). The van der Waals surface area contributed by atoms with Crippen molar-refractivity contribution in [3.63, 3.8) is 0 Å². The summed E-state index contributed by atoms with van der Waals surface area (Å²) >= 11 is 0. The largest absolute Gasteiger partial charge is 0.395 e. The van der Waals surface area contributed by atoms with Crippen LogP contribution >= 0.6 is 0 Å².